The van der Waals surface area contributed by atoms with E-state index in [1.54, 1.807) is 24.5 Å². The van der Waals surface area contributed by atoms with Crippen LogP contribution in [0.5, 0.6) is 0 Å². The van der Waals surface area contributed by atoms with Crippen LogP contribution >= 0.6 is 0 Å². The number of benzene rings is 1. The van der Waals surface area contributed by atoms with Crippen molar-refractivity contribution in [3.63, 3.8) is 0 Å². The Labute approximate surface area is 144 Å². The number of hydrogen-bond donors (Lipinski definition) is 1. The minimum Gasteiger partial charge on any atom is -0.379 e. The van der Waals surface area contributed by atoms with E-state index >= 15 is 0 Å². The summed E-state index contributed by atoms with van der Waals surface area (Å²) < 4.78 is 10.8. The molecule has 25 heavy (non-hydrogen) atoms. The summed E-state index contributed by atoms with van der Waals surface area (Å²) in [4.78, 5) is 18.5. The number of fused-ring (bicyclic) bond motifs is 1. The molecule has 0 bridgehead atoms. The monoisotopic (exact) mass is 338 g/mol. The van der Waals surface area contributed by atoms with Gasteiger partial charge in [0, 0.05) is 48.7 Å². The van der Waals surface area contributed by atoms with E-state index in [2.05, 4.69) is 20.4 Å². The maximum Gasteiger partial charge on any atom is 0.255 e. The van der Waals surface area contributed by atoms with Crippen LogP contribution in [-0.4, -0.2) is 47.3 Å². The van der Waals surface area contributed by atoms with Crippen LogP contribution in [0.2, 0.25) is 0 Å². The molecular formula is C18H18N4O3. The van der Waals surface area contributed by atoms with Crippen molar-refractivity contribution >= 4 is 22.6 Å². The Balaban J connectivity index is 1.54. The van der Waals surface area contributed by atoms with E-state index in [4.69, 9.17) is 9.26 Å². The number of ether oxygens (including phenoxy) is 1. The highest BCUT2D eigenvalue weighted by Crippen LogP contribution is 2.24. The van der Waals surface area contributed by atoms with Crippen molar-refractivity contribution in [2.45, 2.75) is 6.54 Å². The number of carbonyl (C=O) groups excluding carboxylic acids is 1. The summed E-state index contributed by atoms with van der Waals surface area (Å²) in [5.41, 5.74) is 2.86. The van der Waals surface area contributed by atoms with Crippen molar-refractivity contribution in [2.24, 2.45) is 0 Å². The van der Waals surface area contributed by atoms with E-state index in [1.807, 2.05) is 18.2 Å². The molecule has 0 saturated carbocycles. The molecule has 2 aromatic heterocycles. The van der Waals surface area contributed by atoms with Crippen LogP contribution in [0, 0.1) is 0 Å². The van der Waals surface area contributed by atoms with Gasteiger partial charge in [0.2, 0.25) is 0 Å². The van der Waals surface area contributed by atoms with Gasteiger partial charge >= 0.3 is 0 Å². The molecule has 1 aliphatic rings. The van der Waals surface area contributed by atoms with E-state index in [0.29, 0.717) is 23.4 Å². The molecule has 0 radical (unpaired) electrons. The summed E-state index contributed by atoms with van der Waals surface area (Å²) in [5.74, 6) is -0.173. The summed E-state index contributed by atoms with van der Waals surface area (Å²) in [5, 5.41) is 8.01. The number of anilines is 1. The first-order chi connectivity index (χ1) is 12.3. The third-order valence-corrected chi connectivity index (χ3v) is 4.22. The van der Waals surface area contributed by atoms with Gasteiger partial charge in [-0.05, 0) is 30.3 Å². The maximum absolute atomic E-state index is 12.3. The molecule has 7 heteroatoms. The molecule has 1 fully saturated rings. The second-order valence-electron chi connectivity index (χ2n) is 5.92. The average molecular weight is 338 g/mol. The summed E-state index contributed by atoms with van der Waals surface area (Å²) in [6.45, 7) is 3.95. The Bertz CT molecular complexity index is 872. The molecule has 4 rings (SSSR count). The molecule has 0 atom stereocenters. The van der Waals surface area contributed by atoms with E-state index < -0.39 is 0 Å². The lowest BCUT2D eigenvalue weighted by Crippen LogP contribution is -2.35. The predicted octanol–water partition coefficient (Wildman–Crippen LogP) is 2.31. The Morgan fingerprint density at radius 2 is 1.96 bits per heavy atom. The number of carbonyl (C=O) groups is 1. The van der Waals surface area contributed by atoms with Crippen molar-refractivity contribution in [1.82, 2.24) is 15.0 Å². The number of morpholine rings is 1. The summed E-state index contributed by atoms with van der Waals surface area (Å²) in [7, 11) is 0. The molecule has 0 unspecified atom stereocenters. The molecule has 1 amide bonds. The predicted molar refractivity (Wildman–Crippen MR) is 92.3 cm³/mol. The average Bonchev–Trinajstić information content (AvgIpc) is 3.05. The Hall–Kier alpha value is -2.77. The number of amides is 1. The SMILES string of the molecule is O=C(Nc1ccc2onc(CN3CCOCC3)c2c1)c1ccncc1. The zero-order chi connectivity index (χ0) is 17.1. The van der Waals surface area contributed by atoms with Gasteiger partial charge in [-0.1, -0.05) is 5.16 Å². The summed E-state index contributed by atoms with van der Waals surface area (Å²) in [6.07, 6.45) is 3.19. The highest BCUT2D eigenvalue weighted by Gasteiger charge is 2.16. The molecule has 128 valence electrons. The molecule has 0 spiro atoms. The topological polar surface area (TPSA) is 80.5 Å². The fraction of sp³-hybridized carbons (Fsp3) is 0.278. The van der Waals surface area contributed by atoms with Crippen molar-refractivity contribution in [3.05, 3.63) is 54.0 Å². The normalized spacial score (nSPS) is 15.4. The highest BCUT2D eigenvalue weighted by atomic mass is 16.5. The standard InChI is InChI=1S/C18H18N4O3/c23-18(13-3-5-19-6-4-13)20-14-1-2-17-15(11-14)16(21-25-17)12-22-7-9-24-10-8-22/h1-6,11H,7-10,12H2,(H,20,23). The number of aromatic nitrogens is 2. The maximum atomic E-state index is 12.3. The van der Waals surface area contributed by atoms with Gasteiger partial charge < -0.3 is 14.6 Å². The minimum atomic E-state index is -0.173. The molecule has 3 heterocycles. The number of nitrogens with zero attached hydrogens (tertiary/aromatic N) is 3. The Morgan fingerprint density at radius 1 is 1.16 bits per heavy atom. The van der Waals surface area contributed by atoms with Crippen molar-refractivity contribution in [1.29, 1.82) is 0 Å². The van der Waals surface area contributed by atoms with Gasteiger partial charge in [-0.3, -0.25) is 14.7 Å². The van der Waals surface area contributed by atoms with Crippen LogP contribution in [-0.2, 0) is 11.3 Å². The lowest BCUT2D eigenvalue weighted by Gasteiger charge is -2.25. The van der Waals surface area contributed by atoms with Crippen molar-refractivity contribution in [2.75, 3.05) is 31.6 Å². The zero-order valence-corrected chi connectivity index (χ0v) is 13.6. The smallest absolute Gasteiger partial charge is 0.255 e. The van der Waals surface area contributed by atoms with Gasteiger partial charge in [-0.25, -0.2) is 0 Å². The number of hydrogen-bond acceptors (Lipinski definition) is 6. The molecule has 1 N–H and O–H groups in total. The van der Waals surface area contributed by atoms with Crippen LogP contribution in [0.1, 0.15) is 16.1 Å². The second kappa shape index (κ2) is 7.00. The molecule has 3 aromatic rings. The van der Waals surface area contributed by atoms with Crippen LogP contribution in [0.3, 0.4) is 0 Å². The first-order valence-electron chi connectivity index (χ1n) is 8.19. The van der Waals surface area contributed by atoms with Gasteiger partial charge in [0.1, 0.15) is 5.69 Å². The number of nitrogens with one attached hydrogen (secondary N) is 1. The first-order valence-corrected chi connectivity index (χ1v) is 8.19. The lowest BCUT2D eigenvalue weighted by molar-refractivity contribution is 0.0334. The highest BCUT2D eigenvalue weighted by molar-refractivity contribution is 6.05. The van der Waals surface area contributed by atoms with Gasteiger partial charge in [0.05, 0.1) is 13.2 Å². The Morgan fingerprint density at radius 3 is 2.76 bits per heavy atom. The summed E-state index contributed by atoms with van der Waals surface area (Å²) >= 11 is 0. The van der Waals surface area contributed by atoms with E-state index in [1.165, 1.54) is 0 Å². The fourth-order valence-electron chi connectivity index (χ4n) is 2.86. The number of pyridine rings is 1. The lowest BCUT2D eigenvalue weighted by atomic mass is 10.1. The zero-order valence-electron chi connectivity index (χ0n) is 13.6. The molecule has 7 nitrogen and oxygen atoms in total. The van der Waals surface area contributed by atoms with Gasteiger partial charge in [0.15, 0.2) is 5.58 Å². The molecule has 1 aromatic carbocycles. The van der Waals surface area contributed by atoms with Gasteiger partial charge in [-0.2, -0.15) is 0 Å². The molecule has 1 saturated heterocycles. The fourth-order valence-corrected chi connectivity index (χ4v) is 2.86. The third kappa shape index (κ3) is 3.52. The quantitative estimate of drug-likeness (QED) is 0.786. The van der Waals surface area contributed by atoms with Crippen LogP contribution in [0.4, 0.5) is 5.69 Å². The minimum absolute atomic E-state index is 0.173. The largest absolute Gasteiger partial charge is 0.379 e. The van der Waals surface area contributed by atoms with Crippen molar-refractivity contribution < 1.29 is 14.1 Å². The van der Waals surface area contributed by atoms with Crippen molar-refractivity contribution in [3.8, 4) is 0 Å². The molecular weight excluding hydrogens is 320 g/mol. The first kappa shape index (κ1) is 15.7. The summed E-state index contributed by atoms with van der Waals surface area (Å²) in [6, 6.07) is 8.90. The van der Waals surface area contributed by atoms with E-state index in [-0.39, 0.29) is 5.91 Å². The third-order valence-electron chi connectivity index (χ3n) is 4.22. The molecule has 0 aliphatic carbocycles. The van der Waals surface area contributed by atoms with Gasteiger partial charge in [-0.15, -0.1) is 0 Å². The van der Waals surface area contributed by atoms with Crippen LogP contribution in [0.25, 0.3) is 11.0 Å². The Kier molecular flexibility index (Phi) is 4.41. The van der Waals surface area contributed by atoms with Crippen LogP contribution < -0.4 is 5.32 Å². The van der Waals surface area contributed by atoms with Gasteiger partial charge in [0.25, 0.3) is 5.91 Å². The second-order valence-corrected chi connectivity index (χ2v) is 5.92. The van der Waals surface area contributed by atoms with E-state index in [0.717, 1.165) is 37.4 Å². The number of rotatable bonds is 4. The van der Waals surface area contributed by atoms with E-state index in [9.17, 15) is 4.79 Å². The molecule has 1 aliphatic heterocycles. The van der Waals surface area contributed by atoms with Crippen LogP contribution in [0.15, 0.2) is 47.2 Å².